The van der Waals surface area contributed by atoms with E-state index < -0.39 is 0 Å². The Morgan fingerprint density at radius 2 is 1.67 bits per heavy atom. The van der Waals surface area contributed by atoms with Crippen LogP contribution in [0, 0.1) is 11.3 Å². The summed E-state index contributed by atoms with van der Waals surface area (Å²) in [6, 6.07) is 12.4. The standard InChI is InChI=1S/C22H30O2/c1-4-22(2,3)19-8-11-20(12-9-19)24-21-10-7-17-13-16(15-23)5-6-18(17)14-21/h5-7,10,13-14,19-20,23H,4,8-9,11-12,15H2,1-3H3. The largest absolute Gasteiger partial charge is 0.490 e. The molecular formula is C22H30O2. The van der Waals surface area contributed by atoms with E-state index in [1.54, 1.807) is 0 Å². The molecule has 2 aromatic rings. The molecule has 0 atom stereocenters. The first-order valence-corrected chi connectivity index (χ1v) is 9.32. The van der Waals surface area contributed by atoms with Gasteiger partial charge in [-0.15, -0.1) is 0 Å². The van der Waals surface area contributed by atoms with E-state index in [-0.39, 0.29) is 6.61 Å². The second-order valence-electron chi connectivity index (χ2n) is 7.94. The van der Waals surface area contributed by atoms with Gasteiger partial charge in [0.2, 0.25) is 0 Å². The van der Waals surface area contributed by atoms with Crippen LogP contribution in [0.2, 0.25) is 0 Å². The predicted molar refractivity (Wildman–Crippen MR) is 100 cm³/mol. The topological polar surface area (TPSA) is 29.5 Å². The third-order valence-corrected chi connectivity index (χ3v) is 6.05. The van der Waals surface area contributed by atoms with Crippen LogP contribution in [0.5, 0.6) is 5.75 Å². The summed E-state index contributed by atoms with van der Waals surface area (Å²) in [5, 5.41) is 11.6. The Morgan fingerprint density at radius 3 is 2.33 bits per heavy atom. The molecule has 0 aliphatic heterocycles. The van der Waals surface area contributed by atoms with E-state index in [1.807, 2.05) is 12.1 Å². The maximum absolute atomic E-state index is 9.24. The number of fused-ring (bicyclic) bond motifs is 1. The minimum absolute atomic E-state index is 0.0888. The second kappa shape index (κ2) is 7.14. The zero-order valence-electron chi connectivity index (χ0n) is 15.2. The minimum atomic E-state index is 0.0888. The molecule has 0 aromatic heterocycles. The normalized spacial score (nSPS) is 21.8. The van der Waals surface area contributed by atoms with Gasteiger partial charge in [-0.25, -0.2) is 0 Å². The first kappa shape index (κ1) is 17.3. The van der Waals surface area contributed by atoms with E-state index in [1.165, 1.54) is 24.6 Å². The second-order valence-corrected chi connectivity index (χ2v) is 7.94. The van der Waals surface area contributed by atoms with E-state index in [0.717, 1.165) is 35.5 Å². The highest BCUT2D eigenvalue weighted by Crippen LogP contribution is 2.41. The molecule has 1 aliphatic carbocycles. The van der Waals surface area contributed by atoms with Gasteiger partial charge in [0.25, 0.3) is 0 Å². The number of aliphatic hydroxyl groups is 1. The molecule has 1 saturated carbocycles. The predicted octanol–water partition coefficient (Wildman–Crippen LogP) is 5.71. The third-order valence-electron chi connectivity index (χ3n) is 6.05. The highest BCUT2D eigenvalue weighted by Gasteiger charge is 2.32. The summed E-state index contributed by atoms with van der Waals surface area (Å²) in [5.41, 5.74) is 1.41. The molecule has 0 unspecified atom stereocenters. The van der Waals surface area contributed by atoms with Gasteiger partial charge >= 0.3 is 0 Å². The van der Waals surface area contributed by atoms with Gasteiger partial charge in [0.05, 0.1) is 12.7 Å². The summed E-state index contributed by atoms with van der Waals surface area (Å²) in [4.78, 5) is 0. The molecule has 1 aliphatic rings. The summed E-state index contributed by atoms with van der Waals surface area (Å²) in [6.45, 7) is 7.21. The van der Waals surface area contributed by atoms with Crippen LogP contribution in [0.25, 0.3) is 10.8 Å². The average Bonchev–Trinajstić information content (AvgIpc) is 2.61. The first-order chi connectivity index (χ1) is 11.5. The van der Waals surface area contributed by atoms with Crippen molar-refractivity contribution >= 4 is 10.8 Å². The molecule has 2 nitrogen and oxygen atoms in total. The highest BCUT2D eigenvalue weighted by atomic mass is 16.5. The van der Waals surface area contributed by atoms with Crippen molar-refractivity contribution in [1.29, 1.82) is 0 Å². The quantitative estimate of drug-likeness (QED) is 0.763. The van der Waals surface area contributed by atoms with Gasteiger partial charge in [-0.2, -0.15) is 0 Å². The molecule has 1 N–H and O–H groups in total. The van der Waals surface area contributed by atoms with E-state index in [9.17, 15) is 5.11 Å². The van der Waals surface area contributed by atoms with Gasteiger partial charge in [0.1, 0.15) is 5.75 Å². The number of ether oxygens (including phenoxy) is 1. The highest BCUT2D eigenvalue weighted by molar-refractivity contribution is 5.84. The molecule has 24 heavy (non-hydrogen) atoms. The van der Waals surface area contributed by atoms with Gasteiger partial charge < -0.3 is 9.84 Å². The molecule has 0 spiro atoms. The lowest BCUT2D eigenvalue weighted by Gasteiger charge is -2.38. The van der Waals surface area contributed by atoms with Crippen molar-refractivity contribution in [2.24, 2.45) is 11.3 Å². The van der Waals surface area contributed by atoms with Gasteiger partial charge in [0, 0.05) is 0 Å². The smallest absolute Gasteiger partial charge is 0.120 e. The summed E-state index contributed by atoms with van der Waals surface area (Å²) in [6.07, 6.45) is 6.48. The maximum Gasteiger partial charge on any atom is 0.120 e. The zero-order valence-corrected chi connectivity index (χ0v) is 15.2. The molecule has 0 heterocycles. The van der Waals surface area contributed by atoms with Crippen molar-refractivity contribution in [3.8, 4) is 5.75 Å². The molecule has 2 heteroatoms. The van der Waals surface area contributed by atoms with Gasteiger partial charge in [-0.1, -0.05) is 45.4 Å². The van der Waals surface area contributed by atoms with Crippen LogP contribution < -0.4 is 4.74 Å². The van der Waals surface area contributed by atoms with Crippen LogP contribution in [-0.2, 0) is 6.61 Å². The number of rotatable bonds is 5. The third kappa shape index (κ3) is 3.75. The molecule has 1 fully saturated rings. The zero-order chi connectivity index (χ0) is 17.2. The number of hydrogen-bond donors (Lipinski definition) is 1. The van der Waals surface area contributed by atoms with Crippen LogP contribution in [0.4, 0.5) is 0 Å². The van der Waals surface area contributed by atoms with Crippen LogP contribution in [0.3, 0.4) is 0 Å². The van der Waals surface area contributed by atoms with Crippen LogP contribution in [0.15, 0.2) is 36.4 Å². The Hall–Kier alpha value is -1.54. The Kier molecular flexibility index (Phi) is 5.15. The number of hydrogen-bond acceptors (Lipinski definition) is 2. The van der Waals surface area contributed by atoms with E-state index in [2.05, 4.69) is 45.0 Å². The molecule has 2 aromatic carbocycles. The summed E-state index contributed by atoms with van der Waals surface area (Å²) < 4.78 is 6.27. The molecule has 0 radical (unpaired) electrons. The van der Waals surface area contributed by atoms with Gasteiger partial charge in [-0.05, 0) is 71.6 Å². The molecule has 0 bridgehead atoms. The van der Waals surface area contributed by atoms with Crippen LogP contribution in [-0.4, -0.2) is 11.2 Å². The molecule has 0 saturated heterocycles. The molecule has 0 amide bonds. The van der Waals surface area contributed by atoms with Crippen LogP contribution >= 0.6 is 0 Å². The molecule has 3 rings (SSSR count). The first-order valence-electron chi connectivity index (χ1n) is 9.32. The fraction of sp³-hybridized carbons (Fsp3) is 0.545. The lowest BCUT2D eigenvalue weighted by Crippen LogP contribution is -2.31. The number of benzene rings is 2. The summed E-state index contributed by atoms with van der Waals surface area (Å²) >= 11 is 0. The molecular weight excluding hydrogens is 296 g/mol. The van der Waals surface area contributed by atoms with E-state index >= 15 is 0 Å². The lowest BCUT2D eigenvalue weighted by molar-refractivity contribution is 0.0780. The van der Waals surface area contributed by atoms with Crippen molar-refractivity contribution in [1.82, 2.24) is 0 Å². The SMILES string of the molecule is CCC(C)(C)C1CCC(Oc2ccc3cc(CO)ccc3c2)CC1. The fourth-order valence-corrected chi connectivity index (χ4v) is 3.89. The van der Waals surface area contributed by atoms with Crippen molar-refractivity contribution in [3.63, 3.8) is 0 Å². The monoisotopic (exact) mass is 326 g/mol. The van der Waals surface area contributed by atoms with Crippen LogP contribution in [0.1, 0.15) is 58.4 Å². The molecule has 130 valence electrons. The Bertz CT molecular complexity index is 681. The fourth-order valence-electron chi connectivity index (χ4n) is 3.89. The Morgan fingerprint density at radius 1 is 1.00 bits per heavy atom. The van der Waals surface area contributed by atoms with E-state index in [0.29, 0.717) is 11.5 Å². The Balaban J connectivity index is 1.64. The van der Waals surface area contributed by atoms with Crippen molar-refractivity contribution in [2.45, 2.75) is 65.6 Å². The summed E-state index contributed by atoms with van der Waals surface area (Å²) in [7, 11) is 0. The van der Waals surface area contributed by atoms with Crippen molar-refractivity contribution in [3.05, 3.63) is 42.0 Å². The lowest BCUT2D eigenvalue weighted by atomic mass is 9.69. The summed E-state index contributed by atoms with van der Waals surface area (Å²) in [5.74, 6) is 1.80. The van der Waals surface area contributed by atoms with Gasteiger partial charge in [-0.3, -0.25) is 0 Å². The van der Waals surface area contributed by atoms with Gasteiger partial charge in [0.15, 0.2) is 0 Å². The Labute approximate surface area is 145 Å². The average molecular weight is 326 g/mol. The van der Waals surface area contributed by atoms with Crippen molar-refractivity contribution in [2.75, 3.05) is 0 Å². The van der Waals surface area contributed by atoms with E-state index in [4.69, 9.17) is 4.74 Å². The maximum atomic E-state index is 9.24. The van der Waals surface area contributed by atoms with Crippen molar-refractivity contribution < 1.29 is 9.84 Å². The number of aliphatic hydroxyl groups excluding tert-OH is 1. The minimum Gasteiger partial charge on any atom is -0.490 e.